The van der Waals surface area contributed by atoms with Gasteiger partial charge in [-0.3, -0.25) is 0 Å². The first-order valence-electron chi connectivity index (χ1n) is 5.86. The van der Waals surface area contributed by atoms with Gasteiger partial charge in [-0.25, -0.2) is 4.98 Å². The van der Waals surface area contributed by atoms with Gasteiger partial charge in [-0.2, -0.15) is 4.98 Å². The highest BCUT2D eigenvalue weighted by Gasteiger charge is 2.10. The van der Waals surface area contributed by atoms with Crippen LogP contribution in [0.5, 0.6) is 5.75 Å². The molecule has 0 aliphatic heterocycles. The molecule has 0 aliphatic rings. The Kier molecular flexibility index (Phi) is 4.67. The molecule has 2 aromatic rings. The van der Waals surface area contributed by atoms with Crippen LogP contribution in [0.15, 0.2) is 22.8 Å². The van der Waals surface area contributed by atoms with E-state index in [4.69, 9.17) is 16.3 Å². The Balaban J connectivity index is 2.41. The lowest BCUT2D eigenvalue weighted by Crippen LogP contribution is -2.02. The quantitative estimate of drug-likeness (QED) is 0.866. The molecule has 0 spiro atoms. The van der Waals surface area contributed by atoms with Crippen molar-refractivity contribution in [1.82, 2.24) is 9.97 Å². The van der Waals surface area contributed by atoms with Crippen molar-refractivity contribution in [1.29, 1.82) is 0 Å². The van der Waals surface area contributed by atoms with Gasteiger partial charge in [0.1, 0.15) is 11.6 Å². The van der Waals surface area contributed by atoms with Crippen LogP contribution >= 0.6 is 27.5 Å². The fourth-order valence-corrected chi connectivity index (χ4v) is 2.08. The maximum Gasteiger partial charge on any atom is 0.224 e. The third-order valence-corrected chi connectivity index (χ3v) is 3.69. The van der Waals surface area contributed by atoms with Gasteiger partial charge in [-0.05, 0) is 34.5 Å². The van der Waals surface area contributed by atoms with Gasteiger partial charge in [0.05, 0.1) is 17.3 Å². The summed E-state index contributed by atoms with van der Waals surface area (Å²) in [6.45, 7) is 1.93. The Labute approximate surface area is 130 Å². The van der Waals surface area contributed by atoms with Crippen molar-refractivity contribution in [3.05, 3.63) is 33.4 Å². The Bertz CT molecular complexity index is 636. The zero-order valence-corrected chi connectivity index (χ0v) is 13.6. The van der Waals surface area contributed by atoms with Crippen molar-refractivity contribution in [2.24, 2.45) is 0 Å². The van der Waals surface area contributed by atoms with E-state index in [9.17, 15) is 0 Å². The van der Waals surface area contributed by atoms with Crippen molar-refractivity contribution >= 4 is 45.0 Å². The molecule has 7 heteroatoms. The minimum Gasteiger partial charge on any atom is -0.495 e. The third kappa shape index (κ3) is 3.13. The van der Waals surface area contributed by atoms with Crippen LogP contribution in [0.3, 0.4) is 0 Å². The van der Waals surface area contributed by atoms with E-state index in [1.807, 2.05) is 13.0 Å². The van der Waals surface area contributed by atoms with Gasteiger partial charge >= 0.3 is 0 Å². The number of aryl methyl sites for hydroxylation is 1. The molecule has 1 aromatic heterocycles. The number of methoxy groups -OCH3 is 1. The van der Waals surface area contributed by atoms with Crippen LogP contribution in [0.25, 0.3) is 0 Å². The minimum absolute atomic E-state index is 0.528. The van der Waals surface area contributed by atoms with Crippen molar-refractivity contribution in [2.45, 2.75) is 6.92 Å². The Hall–Kier alpha value is -1.53. The molecule has 0 radical (unpaired) electrons. The first kappa shape index (κ1) is 14.9. The summed E-state index contributed by atoms with van der Waals surface area (Å²) in [5.74, 6) is 1.82. The van der Waals surface area contributed by atoms with Gasteiger partial charge in [0.15, 0.2) is 0 Å². The lowest BCUT2D eigenvalue weighted by Gasteiger charge is -2.14. The topological polar surface area (TPSA) is 59.1 Å². The van der Waals surface area contributed by atoms with Crippen LogP contribution in [0.4, 0.5) is 17.5 Å². The van der Waals surface area contributed by atoms with Crippen molar-refractivity contribution in [3.63, 3.8) is 0 Å². The van der Waals surface area contributed by atoms with Gasteiger partial charge in [-0.1, -0.05) is 11.6 Å². The molecule has 1 heterocycles. The third-order valence-electron chi connectivity index (χ3n) is 2.70. The van der Waals surface area contributed by atoms with Gasteiger partial charge in [0, 0.05) is 24.3 Å². The Morgan fingerprint density at radius 1 is 1.35 bits per heavy atom. The number of nitrogens with zero attached hydrogens (tertiary/aromatic N) is 2. The number of anilines is 3. The predicted octanol–water partition coefficient (Wildman–Crippen LogP) is 3.99. The van der Waals surface area contributed by atoms with Crippen LogP contribution in [0.1, 0.15) is 5.56 Å². The number of aromatic nitrogens is 2. The molecule has 106 valence electrons. The first-order valence-corrected chi connectivity index (χ1v) is 7.03. The van der Waals surface area contributed by atoms with Crippen molar-refractivity contribution in [3.8, 4) is 5.75 Å². The van der Waals surface area contributed by atoms with Crippen LogP contribution < -0.4 is 15.4 Å². The number of benzene rings is 1. The van der Waals surface area contributed by atoms with Crippen LogP contribution in [0.2, 0.25) is 5.02 Å². The van der Waals surface area contributed by atoms with E-state index in [1.165, 1.54) is 0 Å². The fraction of sp³-hybridized carbons (Fsp3) is 0.231. The molecule has 2 rings (SSSR count). The number of ether oxygens (including phenoxy) is 1. The number of nitrogens with one attached hydrogen (secondary N) is 2. The second-order valence-electron chi connectivity index (χ2n) is 4.07. The molecular formula is C13H14BrClN4O. The molecule has 0 atom stereocenters. The lowest BCUT2D eigenvalue weighted by atomic mass is 10.2. The highest BCUT2D eigenvalue weighted by Crippen LogP contribution is 2.34. The molecule has 0 aliphatic carbocycles. The zero-order valence-electron chi connectivity index (χ0n) is 11.3. The number of halogens is 2. The van der Waals surface area contributed by atoms with Gasteiger partial charge in [-0.15, -0.1) is 0 Å². The fourth-order valence-electron chi connectivity index (χ4n) is 1.63. The van der Waals surface area contributed by atoms with Crippen molar-refractivity contribution < 1.29 is 4.74 Å². The molecule has 0 fully saturated rings. The summed E-state index contributed by atoms with van der Waals surface area (Å²) < 4.78 is 6.08. The summed E-state index contributed by atoms with van der Waals surface area (Å²) >= 11 is 9.51. The normalized spacial score (nSPS) is 10.2. The number of hydrogen-bond acceptors (Lipinski definition) is 5. The summed E-state index contributed by atoms with van der Waals surface area (Å²) in [5.41, 5.74) is 1.74. The molecular weight excluding hydrogens is 344 g/mol. The first-order chi connectivity index (χ1) is 9.55. The lowest BCUT2D eigenvalue weighted by molar-refractivity contribution is 0.416. The maximum absolute atomic E-state index is 6.09. The molecule has 0 amide bonds. The number of rotatable bonds is 4. The summed E-state index contributed by atoms with van der Waals surface area (Å²) in [4.78, 5) is 8.46. The largest absolute Gasteiger partial charge is 0.495 e. The monoisotopic (exact) mass is 356 g/mol. The highest BCUT2D eigenvalue weighted by atomic mass is 79.9. The molecule has 20 heavy (non-hydrogen) atoms. The summed E-state index contributed by atoms with van der Waals surface area (Å²) in [5, 5.41) is 6.76. The molecule has 0 bridgehead atoms. The van der Waals surface area contributed by atoms with E-state index in [2.05, 4.69) is 36.5 Å². The molecule has 0 saturated carbocycles. The van der Waals surface area contributed by atoms with E-state index in [0.717, 1.165) is 15.7 Å². The van der Waals surface area contributed by atoms with E-state index >= 15 is 0 Å². The van der Waals surface area contributed by atoms with Gasteiger partial charge in [0.2, 0.25) is 5.95 Å². The van der Waals surface area contributed by atoms with E-state index in [1.54, 1.807) is 26.4 Å². The summed E-state index contributed by atoms with van der Waals surface area (Å²) in [6.07, 6.45) is 1.68. The van der Waals surface area contributed by atoms with E-state index in [-0.39, 0.29) is 0 Å². The predicted molar refractivity (Wildman–Crippen MR) is 85.3 cm³/mol. The molecule has 2 N–H and O–H groups in total. The van der Waals surface area contributed by atoms with Crippen LogP contribution in [-0.2, 0) is 0 Å². The smallest absolute Gasteiger partial charge is 0.224 e. The average Bonchev–Trinajstić information content (AvgIpc) is 2.44. The standard InChI is InChI=1S/C13H14BrClN4O/c1-7-4-10(11(20-3)5-9(7)15)18-12-8(14)6-17-13(16-2)19-12/h4-6H,1-3H3,(H2,16,17,18,19). The average molecular weight is 358 g/mol. The SMILES string of the molecule is CNc1ncc(Br)c(Nc2cc(C)c(Cl)cc2OC)n1. The number of hydrogen-bond donors (Lipinski definition) is 2. The summed E-state index contributed by atoms with van der Waals surface area (Å²) in [7, 11) is 3.36. The molecule has 0 unspecified atom stereocenters. The second kappa shape index (κ2) is 6.28. The molecule has 0 saturated heterocycles. The molecule has 1 aromatic carbocycles. The van der Waals surface area contributed by atoms with Crippen molar-refractivity contribution in [2.75, 3.05) is 24.8 Å². The molecule has 5 nitrogen and oxygen atoms in total. The maximum atomic E-state index is 6.09. The van der Waals surface area contributed by atoms with Crippen LogP contribution in [-0.4, -0.2) is 24.1 Å². The second-order valence-corrected chi connectivity index (χ2v) is 5.33. The van der Waals surface area contributed by atoms with E-state index in [0.29, 0.717) is 22.5 Å². The Morgan fingerprint density at radius 2 is 2.10 bits per heavy atom. The van der Waals surface area contributed by atoms with Crippen LogP contribution in [0, 0.1) is 6.92 Å². The van der Waals surface area contributed by atoms with E-state index < -0.39 is 0 Å². The van der Waals surface area contributed by atoms with Gasteiger partial charge in [0.25, 0.3) is 0 Å². The Morgan fingerprint density at radius 3 is 2.75 bits per heavy atom. The highest BCUT2D eigenvalue weighted by molar-refractivity contribution is 9.10. The summed E-state index contributed by atoms with van der Waals surface area (Å²) in [6, 6.07) is 3.68. The minimum atomic E-state index is 0.528. The van der Waals surface area contributed by atoms with Gasteiger partial charge < -0.3 is 15.4 Å². The zero-order chi connectivity index (χ0) is 14.7.